The van der Waals surface area contributed by atoms with Crippen molar-refractivity contribution in [1.29, 1.82) is 0 Å². The standard InChI is InChI=1S/C16H19NO2S/c18-9-3-5-14-10-13(11-20-14)16(19)17-8-7-12-4-1-2-6-15(12)17/h10-12,15,18H,1-2,4,6-9H2. The molecular formula is C16H19NO2S. The number of aliphatic hydroxyl groups excluding tert-OH is 1. The highest BCUT2D eigenvalue weighted by Crippen LogP contribution is 2.37. The number of carbonyl (C=O) groups is 1. The summed E-state index contributed by atoms with van der Waals surface area (Å²) in [5, 5.41) is 10.6. The molecule has 106 valence electrons. The summed E-state index contributed by atoms with van der Waals surface area (Å²) in [5.74, 6) is 6.37. The molecule has 3 rings (SSSR count). The van der Waals surface area contributed by atoms with Gasteiger partial charge in [-0.15, -0.1) is 11.3 Å². The maximum atomic E-state index is 12.6. The molecule has 1 saturated heterocycles. The van der Waals surface area contributed by atoms with Gasteiger partial charge in [-0.25, -0.2) is 0 Å². The van der Waals surface area contributed by atoms with Crippen LogP contribution in [0.4, 0.5) is 0 Å². The molecule has 1 aromatic heterocycles. The number of likely N-dealkylation sites (tertiary alicyclic amines) is 1. The molecule has 1 aliphatic carbocycles. The number of carbonyl (C=O) groups excluding carboxylic acids is 1. The van der Waals surface area contributed by atoms with Crippen LogP contribution in [0, 0.1) is 17.8 Å². The third-order valence-electron chi connectivity index (χ3n) is 4.41. The largest absolute Gasteiger partial charge is 0.384 e. The number of aliphatic hydroxyl groups is 1. The maximum Gasteiger partial charge on any atom is 0.255 e. The summed E-state index contributed by atoms with van der Waals surface area (Å²) in [6.07, 6.45) is 6.19. The van der Waals surface area contributed by atoms with Crippen molar-refractivity contribution in [2.45, 2.75) is 38.1 Å². The van der Waals surface area contributed by atoms with E-state index in [1.165, 1.54) is 30.6 Å². The van der Waals surface area contributed by atoms with Crippen molar-refractivity contribution >= 4 is 17.2 Å². The van der Waals surface area contributed by atoms with Crippen molar-refractivity contribution in [3.63, 3.8) is 0 Å². The third-order valence-corrected chi connectivity index (χ3v) is 5.25. The fourth-order valence-electron chi connectivity index (χ4n) is 3.46. The summed E-state index contributed by atoms with van der Waals surface area (Å²) >= 11 is 1.47. The van der Waals surface area contributed by atoms with Gasteiger partial charge >= 0.3 is 0 Å². The van der Waals surface area contributed by atoms with Gasteiger partial charge in [0.25, 0.3) is 5.91 Å². The molecule has 2 aliphatic rings. The molecule has 1 amide bonds. The highest BCUT2D eigenvalue weighted by atomic mass is 32.1. The van der Waals surface area contributed by atoms with E-state index in [1.54, 1.807) is 0 Å². The summed E-state index contributed by atoms with van der Waals surface area (Å²) in [7, 11) is 0. The van der Waals surface area contributed by atoms with Crippen molar-refractivity contribution in [3.8, 4) is 11.8 Å². The molecule has 1 aromatic rings. The maximum absolute atomic E-state index is 12.6. The Labute approximate surface area is 123 Å². The van der Waals surface area contributed by atoms with E-state index in [0.717, 1.165) is 35.7 Å². The van der Waals surface area contributed by atoms with Crippen molar-refractivity contribution < 1.29 is 9.90 Å². The predicted octanol–water partition coefficient (Wildman–Crippen LogP) is 2.50. The van der Waals surface area contributed by atoms with Crippen molar-refractivity contribution in [2.24, 2.45) is 5.92 Å². The summed E-state index contributed by atoms with van der Waals surface area (Å²) in [4.78, 5) is 15.6. The number of rotatable bonds is 1. The lowest BCUT2D eigenvalue weighted by molar-refractivity contribution is 0.0690. The van der Waals surface area contributed by atoms with Crippen LogP contribution in [0.3, 0.4) is 0 Å². The first kappa shape index (κ1) is 13.7. The van der Waals surface area contributed by atoms with Gasteiger partial charge in [-0.2, -0.15) is 0 Å². The molecule has 2 heterocycles. The minimum Gasteiger partial charge on any atom is -0.384 e. The van der Waals surface area contributed by atoms with Gasteiger partial charge in [-0.05, 0) is 31.2 Å². The quantitative estimate of drug-likeness (QED) is 0.807. The Balaban J connectivity index is 1.74. The minimum atomic E-state index is -0.142. The highest BCUT2D eigenvalue weighted by molar-refractivity contribution is 7.10. The van der Waals surface area contributed by atoms with Crippen LogP contribution in [-0.2, 0) is 0 Å². The van der Waals surface area contributed by atoms with Crippen molar-refractivity contribution in [3.05, 3.63) is 21.9 Å². The Bertz CT molecular complexity index is 554. The lowest BCUT2D eigenvalue weighted by Crippen LogP contribution is -2.39. The highest BCUT2D eigenvalue weighted by Gasteiger charge is 2.38. The van der Waals surface area contributed by atoms with E-state index in [0.29, 0.717) is 6.04 Å². The van der Waals surface area contributed by atoms with E-state index < -0.39 is 0 Å². The Morgan fingerprint density at radius 3 is 3.10 bits per heavy atom. The number of hydrogen-bond acceptors (Lipinski definition) is 3. The SMILES string of the molecule is O=C(c1csc(C#CCO)c1)N1CCC2CCCCC21. The molecule has 1 N–H and O–H groups in total. The molecule has 2 atom stereocenters. The zero-order chi connectivity index (χ0) is 13.9. The zero-order valence-electron chi connectivity index (χ0n) is 11.5. The fourth-order valence-corrected chi connectivity index (χ4v) is 4.21. The Kier molecular flexibility index (Phi) is 4.09. The summed E-state index contributed by atoms with van der Waals surface area (Å²) in [5.41, 5.74) is 0.753. The number of nitrogens with zero attached hydrogens (tertiary/aromatic N) is 1. The lowest BCUT2D eigenvalue weighted by atomic mass is 9.85. The first-order chi connectivity index (χ1) is 9.79. The van der Waals surface area contributed by atoms with E-state index in [2.05, 4.69) is 16.7 Å². The molecule has 0 radical (unpaired) electrons. The van der Waals surface area contributed by atoms with Gasteiger partial charge in [0.1, 0.15) is 6.61 Å². The van der Waals surface area contributed by atoms with Crippen LogP contribution in [0.15, 0.2) is 11.4 Å². The molecule has 0 spiro atoms. The molecule has 0 bridgehead atoms. The molecule has 2 unspecified atom stereocenters. The molecule has 1 saturated carbocycles. The first-order valence-corrected chi connectivity index (χ1v) is 8.17. The van der Waals surface area contributed by atoms with Crippen LogP contribution < -0.4 is 0 Å². The second kappa shape index (κ2) is 5.99. The van der Waals surface area contributed by atoms with Gasteiger partial charge in [-0.3, -0.25) is 4.79 Å². The fraction of sp³-hybridized carbons (Fsp3) is 0.562. The van der Waals surface area contributed by atoms with Crippen LogP contribution in [-0.4, -0.2) is 35.1 Å². The van der Waals surface area contributed by atoms with Crippen molar-refractivity contribution in [1.82, 2.24) is 4.90 Å². The number of thiophene rings is 1. The average Bonchev–Trinajstić information content (AvgIpc) is 3.11. The smallest absolute Gasteiger partial charge is 0.255 e. The van der Waals surface area contributed by atoms with Gasteiger partial charge in [-0.1, -0.05) is 24.7 Å². The Morgan fingerprint density at radius 1 is 1.40 bits per heavy atom. The van der Waals surface area contributed by atoms with Crippen LogP contribution in [0.5, 0.6) is 0 Å². The number of hydrogen-bond donors (Lipinski definition) is 1. The molecule has 20 heavy (non-hydrogen) atoms. The monoisotopic (exact) mass is 289 g/mol. The molecule has 0 aromatic carbocycles. The Hall–Kier alpha value is -1.31. The summed E-state index contributed by atoms with van der Waals surface area (Å²) in [6, 6.07) is 2.31. The summed E-state index contributed by atoms with van der Waals surface area (Å²) in [6.45, 7) is 0.763. The van der Waals surface area contributed by atoms with Gasteiger partial charge in [0.15, 0.2) is 0 Å². The summed E-state index contributed by atoms with van der Waals surface area (Å²) < 4.78 is 0. The van der Waals surface area contributed by atoms with Gasteiger partial charge in [0, 0.05) is 18.0 Å². The normalized spacial score (nSPS) is 24.9. The van der Waals surface area contributed by atoms with Crippen LogP contribution in [0.25, 0.3) is 0 Å². The molecule has 3 nitrogen and oxygen atoms in total. The average molecular weight is 289 g/mol. The van der Waals surface area contributed by atoms with E-state index in [-0.39, 0.29) is 12.5 Å². The predicted molar refractivity (Wildman–Crippen MR) is 79.7 cm³/mol. The van der Waals surface area contributed by atoms with E-state index in [9.17, 15) is 4.79 Å². The zero-order valence-corrected chi connectivity index (χ0v) is 12.3. The minimum absolute atomic E-state index is 0.142. The number of amides is 1. The Morgan fingerprint density at radius 2 is 2.25 bits per heavy atom. The second-order valence-electron chi connectivity index (χ2n) is 5.56. The van der Waals surface area contributed by atoms with Gasteiger partial charge in [0.2, 0.25) is 0 Å². The van der Waals surface area contributed by atoms with Gasteiger partial charge in [0.05, 0.1) is 10.4 Å². The van der Waals surface area contributed by atoms with E-state index >= 15 is 0 Å². The molecular weight excluding hydrogens is 270 g/mol. The van der Waals surface area contributed by atoms with Crippen LogP contribution in [0.1, 0.15) is 47.3 Å². The molecule has 4 heteroatoms. The van der Waals surface area contributed by atoms with E-state index in [4.69, 9.17) is 5.11 Å². The third kappa shape index (κ3) is 2.61. The van der Waals surface area contributed by atoms with Crippen molar-refractivity contribution in [2.75, 3.05) is 13.2 Å². The van der Waals surface area contributed by atoms with Gasteiger partial charge < -0.3 is 10.0 Å². The topological polar surface area (TPSA) is 40.5 Å². The molecule has 2 fully saturated rings. The van der Waals surface area contributed by atoms with E-state index in [1.807, 2.05) is 11.4 Å². The lowest BCUT2D eigenvalue weighted by Gasteiger charge is -2.31. The number of fused-ring (bicyclic) bond motifs is 1. The first-order valence-electron chi connectivity index (χ1n) is 7.29. The molecule has 1 aliphatic heterocycles. The second-order valence-corrected chi connectivity index (χ2v) is 6.47. The van der Waals surface area contributed by atoms with Crippen LogP contribution in [0.2, 0.25) is 0 Å². The van der Waals surface area contributed by atoms with Crippen LogP contribution >= 0.6 is 11.3 Å².